The first-order chi connectivity index (χ1) is 9.84. The second-order valence-corrected chi connectivity index (χ2v) is 6.55. The lowest BCUT2D eigenvalue weighted by atomic mass is 9.83. The van der Waals surface area contributed by atoms with Crippen LogP contribution < -0.4 is 5.32 Å². The Labute approximate surface area is 125 Å². The predicted molar refractivity (Wildman–Crippen MR) is 80.3 cm³/mol. The van der Waals surface area contributed by atoms with Gasteiger partial charge in [0.05, 0.1) is 0 Å². The molecular formula is C16H23N3O2. The molecule has 0 bridgehead atoms. The Bertz CT molecular complexity index is 522. The number of rotatable bonds is 3. The normalized spacial score (nSPS) is 23.1. The van der Waals surface area contributed by atoms with Crippen LogP contribution in [0.5, 0.6) is 0 Å². The molecule has 0 spiro atoms. The van der Waals surface area contributed by atoms with E-state index in [4.69, 9.17) is 0 Å². The summed E-state index contributed by atoms with van der Waals surface area (Å²) in [6, 6.07) is 2.87. The van der Waals surface area contributed by atoms with Gasteiger partial charge < -0.3 is 10.2 Å². The second kappa shape index (κ2) is 5.84. The average molecular weight is 289 g/mol. The van der Waals surface area contributed by atoms with Gasteiger partial charge in [-0.1, -0.05) is 27.7 Å². The fourth-order valence-electron chi connectivity index (χ4n) is 2.63. The maximum Gasteiger partial charge on any atom is 0.246 e. The molecule has 2 atom stereocenters. The number of nitrogens with one attached hydrogen (secondary N) is 1. The van der Waals surface area contributed by atoms with E-state index in [1.807, 2.05) is 39.8 Å². The van der Waals surface area contributed by atoms with Crippen LogP contribution in [0.25, 0.3) is 0 Å². The molecule has 0 aliphatic carbocycles. The molecule has 1 N–H and O–H groups in total. The van der Waals surface area contributed by atoms with Gasteiger partial charge >= 0.3 is 0 Å². The van der Waals surface area contributed by atoms with Crippen molar-refractivity contribution in [1.29, 1.82) is 0 Å². The third-order valence-corrected chi connectivity index (χ3v) is 3.85. The molecular weight excluding hydrogens is 266 g/mol. The lowest BCUT2D eigenvalue weighted by molar-refractivity contribution is -0.153. The molecule has 0 radical (unpaired) electrons. The van der Waals surface area contributed by atoms with Crippen molar-refractivity contribution in [3.05, 3.63) is 30.1 Å². The Morgan fingerprint density at radius 3 is 2.38 bits per heavy atom. The zero-order valence-corrected chi connectivity index (χ0v) is 13.1. The van der Waals surface area contributed by atoms with E-state index in [0.29, 0.717) is 13.0 Å². The smallest absolute Gasteiger partial charge is 0.246 e. The number of pyridine rings is 1. The van der Waals surface area contributed by atoms with E-state index in [-0.39, 0.29) is 17.2 Å². The molecule has 1 fully saturated rings. The summed E-state index contributed by atoms with van der Waals surface area (Å²) in [6.07, 6.45) is 4.01. The third kappa shape index (κ3) is 3.23. The van der Waals surface area contributed by atoms with Crippen LogP contribution in [0.3, 0.4) is 0 Å². The number of piperazine rings is 1. The number of hydrogen-bond donors (Lipinski definition) is 1. The molecule has 2 rings (SSSR count). The first-order valence-corrected chi connectivity index (χ1v) is 7.34. The number of aromatic nitrogens is 1. The van der Waals surface area contributed by atoms with Crippen molar-refractivity contribution < 1.29 is 9.59 Å². The van der Waals surface area contributed by atoms with Gasteiger partial charge in [0.2, 0.25) is 11.8 Å². The summed E-state index contributed by atoms with van der Waals surface area (Å²) in [5.41, 5.74) is 0.682. The van der Waals surface area contributed by atoms with Crippen LogP contribution in [0.1, 0.15) is 39.7 Å². The Balaban J connectivity index is 2.29. The Morgan fingerprint density at radius 2 is 1.86 bits per heavy atom. The fourth-order valence-corrected chi connectivity index (χ4v) is 2.63. The van der Waals surface area contributed by atoms with E-state index in [1.54, 1.807) is 17.3 Å². The third-order valence-electron chi connectivity index (χ3n) is 3.85. The summed E-state index contributed by atoms with van der Waals surface area (Å²) in [5.74, 6) is -0.0724. The van der Waals surface area contributed by atoms with Gasteiger partial charge in [0.1, 0.15) is 12.1 Å². The molecule has 2 amide bonds. The van der Waals surface area contributed by atoms with Crippen LogP contribution in [0, 0.1) is 5.41 Å². The maximum atomic E-state index is 12.8. The zero-order chi connectivity index (χ0) is 15.6. The molecule has 1 aromatic heterocycles. The van der Waals surface area contributed by atoms with Gasteiger partial charge in [-0.05, 0) is 29.5 Å². The zero-order valence-electron chi connectivity index (χ0n) is 13.1. The lowest BCUT2D eigenvalue weighted by Gasteiger charge is -2.43. The van der Waals surface area contributed by atoms with Gasteiger partial charge in [0.15, 0.2) is 0 Å². The number of carbonyl (C=O) groups excluding carboxylic acids is 2. The van der Waals surface area contributed by atoms with Crippen molar-refractivity contribution in [3.63, 3.8) is 0 Å². The van der Waals surface area contributed by atoms with Crippen molar-refractivity contribution in [2.24, 2.45) is 5.41 Å². The van der Waals surface area contributed by atoms with Crippen molar-refractivity contribution in [2.75, 3.05) is 0 Å². The molecule has 21 heavy (non-hydrogen) atoms. The van der Waals surface area contributed by atoms with E-state index in [0.717, 1.165) is 5.56 Å². The van der Waals surface area contributed by atoms with Crippen LogP contribution in [-0.2, 0) is 16.1 Å². The number of nitrogens with zero attached hydrogens (tertiary/aromatic N) is 2. The van der Waals surface area contributed by atoms with Crippen LogP contribution in [-0.4, -0.2) is 33.8 Å². The van der Waals surface area contributed by atoms with E-state index in [2.05, 4.69) is 10.3 Å². The molecule has 0 aromatic carbocycles. The van der Waals surface area contributed by atoms with Gasteiger partial charge in [-0.2, -0.15) is 0 Å². The highest BCUT2D eigenvalue weighted by molar-refractivity contribution is 5.97. The van der Waals surface area contributed by atoms with Gasteiger partial charge in [0, 0.05) is 18.9 Å². The minimum absolute atomic E-state index is 0.00855. The fraction of sp³-hybridized carbons (Fsp3) is 0.562. The quantitative estimate of drug-likeness (QED) is 0.922. The molecule has 114 valence electrons. The van der Waals surface area contributed by atoms with Crippen LogP contribution in [0.15, 0.2) is 24.5 Å². The average Bonchev–Trinajstić information content (AvgIpc) is 2.42. The van der Waals surface area contributed by atoms with Crippen molar-refractivity contribution in [2.45, 2.75) is 52.7 Å². The SMILES string of the molecule is CCC1C(=O)NC(C(C)(C)C)C(=O)N1Cc1ccncc1. The molecule has 5 nitrogen and oxygen atoms in total. The Morgan fingerprint density at radius 1 is 1.24 bits per heavy atom. The summed E-state index contributed by atoms with van der Waals surface area (Å²) in [7, 11) is 0. The van der Waals surface area contributed by atoms with Gasteiger partial charge in [-0.25, -0.2) is 0 Å². The van der Waals surface area contributed by atoms with E-state index < -0.39 is 12.1 Å². The van der Waals surface area contributed by atoms with Crippen LogP contribution in [0.4, 0.5) is 0 Å². The maximum absolute atomic E-state index is 12.8. The molecule has 1 aliphatic rings. The number of carbonyl (C=O) groups is 2. The summed E-state index contributed by atoms with van der Waals surface area (Å²) in [6.45, 7) is 8.26. The molecule has 5 heteroatoms. The summed E-state index contributed by atoms with van der Waals surface area (Å²) in [5, 5.41) is 2.88. The predicted octanol–water partition coefficient (Wildman–Crippen LogP) is 1.73. The summed E-state index contributed by atoms with van der Waals surface area (Å²) in [4.78, 5) is 30.8. The van der Waals surface area contributed by atoms with Gasteiger partial charge in [0.25, 0.3) is 0 Å². The van der Waals surface area contributed by atoms with Crippen molar-refractivity contribution >= 4 is 11.8 Å². The standard InChI is InChI=1S/C16H23N3O2/c1-5-12-14(20)18-13(16(2,3)4)15(21)19(12)10-11-6-8-17-9-7-11/h6-9,12-13H,5,10H2,1-4H3,(H,18,20). The molecule has 1 aliphatic heterocycles. The Kier molecular flexibility index (Phi) is 4.30. The van der Waals surface area contributed by atoms with E-state index >= 15 is 0 Å². The molecule has 2 heterocycles. The highest BCUT2D eigenvalue weighted by Crippen LogP contribution is 2.27. The Hall–Kier alpha value is -1.91. The number of hydrogen-bond acceptors (Lipinski definition) is 3. The number of amides is 2. The van der Waals surface area contributed by atoms with Crippen LogP contribution >= 0.6 is 0 Å². The summed E-state index contributed by atoms with van der Waals surface area (Å²) >= 11 is 0. The first-order valence-electron chi connectivity index (χ1n) is 7.34. The van der Waals surface area contributed by atoms with E-state index in [9.17, 15) is 9.59 Å². The summed E-state index contributed by atoms with van der Waals surface area (Å²) < 4.78 is 0. The topological polar surface area (TPSA) is 62.3 Å². The van der Waals surface area contributed by atoms with Crippen LogP contribution in [0.2, 0.25) is 0 Å². The lowest BCUT2D eigenvalue weighted by Crippen LogP contribution is -2.66. The van der Waals surface area contributed by atoms with Crippen molar-refractivity contribution in [3.8, 4) is 0 Å². The monoisotopic (exact) mass is 289 g/mol. The largest absolute Gasteiger partial charge is 0.342 e. The minimum atomic E-state index is -0.477. The van der Waals surface area contributed by atoms with Gasteiger partial charge in [-0.3, -0.25) is 14.6 Å². The minimum Gasteiger partial charge on any atom is -0.342 e. The highest BCUT2D eigenvalue weighted by Gasteiger charge is 2.44. The molecule has 2 unspecified atom stereocenters. The second-order valence-electron chi connectivity index (χ2n) is 6.55. The molecule has 1 saturated heterocycles. The molecule has 1 aromatic rings. The highest BCUT2D eigenvalue weighted by atomic mass is 16.2. The molecule has 0 saturated carbocycles. The van der Waals surface area contributed by atoms with E-state index in [1.165, 1.54) is 0 Å². The van der Waals surface area contributed by atoms with Crippen molar-refractivity contribution in [1.82, 2.24) is 15.2 Å². The first kappa shape index (κ1) is 15.5. The van der Waals surface area contributed by atoms with Gasteiger partial charge in [-0.15, -0.1) is 0 Å².